The number of benzene rings is 1. The molecule has 1 aliphatic rings. The van der Waals surface area contributed by atoms with E-state index in [2.05, 4.69) is 5.32 Å². The van der Waals surface area contributed by atoms with E-state index in [9.17, 15) is 15.0 Å². The largest absolute Gasteiger partial charge is 0.508 e. The zero-order chi connectivity index (χ0) is 14.6. The summed E-state index contributed by atoms with van der Waals surface area (Å²) in [5, 5.41) is 22.3. The molecule has 0 amide bonds. The highest BCUT2D eigenvalue weighted by Gasteiger charge is 2.36. The maximum absolute atomic E-state index is 11.9. The third kappa shape index (κ3) is 3.08. The van der Waals surface area contributed by atoms with Gasteiger partial charge in [0.25, 0.3) is 0 Å². The Labute approximate surface area is 118 Å². The molecule has 1 aliphatic carbocycles. The van der Waals surface area contributed by atoms with E-state index in [4.69, 9.17) is 0 Å². The monoisotopic (exact) mass is 273 g/mol. The molecule has 1 unspecified atom stereocenters. The molecule has 0 aliphatic heterocycles. The minimum atomic E-state index is -0.926. The van der Waals surface area contributed by atoms with E-state index in [0.717, 1.165) is 6.42 Å². The SMILES string of the molecule is CC(=O)C1(NCCc2ccccc2)C=CC(O)=C(O)C1. The molecule has 2 rings (SSSR count). The van der Waals surface area contributed by atoms with Gasteiger partial charge in [0.15, 0.2) is 11.5 Å². The fraction of sp³-hybridized carbons (Fsp3) is 0.312. The van der Waals surface area contributed by atoms with E-state index in [0.29, 0.717) is 6.54 Å². The molecule has 20 heavy (non-hydrogen) atoms. The summed E-state index contributed by atoms with van der Waals surface area (Å²) >= 11 is 0. The van der Waals surface area contributed by atoms with Gasteiger partial charge in [-0.05, 0) is 25.0 Å². The van der Waals surface area contributed by atoms with Crippen molar-refractivity contribution in [2.24, 2.45) is 0 Å². The van der Waals surface area contributed by atoms with Crippen LogP contribution in [-0.4, -0.2) is 28.1 Å². The molecule has 3 N–H and O–H groups in total. The minimum Gasteiger partial charge on any atom is -0.508 e. The lowest BCUT2D eigenvalue weighted by Crippen LogP contribution is -2.51. The summed E-state index contributed by atoms with van der Waals surface area (Å²) in [5.41, 5.74) is 0.256. The first-order chi connectivity index (χ1) is 9.53. The second-order valence-corrected chi connectivity index (χ2v) is 5.03. The third-order valence-electron chi connectivity index (χ3n) is 3.59. The average molecular weight is 273 g/mol. The number of carbonyl (C=O) groups excluding carboxylic acids is 1. The lowest BCUT2D eigenvalue weighted by molar-refractivity contribution is -0.121. The van der Waals surface area contributed by atoms with Gasteiger partial charge in [0.1, 0.15) is 11.3 Å². The van der Waals surface area contributed by atoms with Gasteiger partial charge in [-0.15, -0.1) is 0 Å². The predicted molar refractivity (Wildman–Crippen MR) is 77.6 cm³/mol. The molecule has 0 heterocycles. The van der Waals surface area contributed by atoms with Gasteiger partial charge in [0.05, 0.1) is 0 Å². The summed E-state index contributed by atoms with van der Waals surface area (Å²) in [6.07, 6.45) is 3.87. The molecule has 0 saturated heterocycles. The molecule has 0 spiro atoms. The third-order valence-corrected chi connectivity index (χ3v) is 3.59. The van der Waals surface area contributed by atoms with Crippen LogP contribution in [0.5, 0.6) is 0 Å². The Bertz CT molecular complexity index is 548. The van der Waals surface area contributed by atoms with Gasteiger partial charge in [-0.3, -0.25) is 4.79 Å². The van der Waals surface area contributed by atoms with Gasteiger partial charge in [-0.25, -0.2) is 0 Å². The fourth-order valence-electron chi connectivity index (χ4n) is 2.29. The van der Waals surface area contributed by atoms with E-state index in [1.54, 1.807) is 6.08 Å². The van der Waals surface area contributed by atoms with Gasteiger partial charge in [0, 0.05) is 13.0 Å². The highest BCUT2D eigenvalue weighted by atomic mass is 16.3. The number of Topliss-reactive ketones (excluding diaryl/α,β-unsaturated/α-hetero) is 1. The summed E-state index contributed by atoms with van der Waals surface area (Å²) in [5.74, 6) is -0.414. The number of nitrogens with one attached hydrogen (secondary N) is 1. The summed E-state index contributed by atoms with van der Waals surface area (Å²) < 4.78 is 0. The first kappa shape index (κ1) is 14.3. The lowest BCUT2D eigenvalue weighted by atomic mass is 9.85. The van der Waals surface area contributed by atoms with Crippen LogP contribution < -0.4 is 5.32 Å². The summed E-state index contributed by atoms with van der Waals surface area (Å²) in [7, 11) is 0. The van der Waals surface area contributed by atoms with E-state index < -0.39 is 5.54 Å². The highest BCUT2D eigenvalue weighted by Crippen LogP contribution is 2.25. The van der Waals surface area contributed by atoms with Crippen molar-refractivity contribution in [1.82, 2.24) is 5.32 Å². The zero-order valence-electron chi connectivity index (χ0n) is 11.5. The number of allylic oxidation sites excluding steroid dienone is 1. The standard InChI is InChI=1S/C16H19NO3/c1-12(18)16(9-7-14(19)15(20)11-16)17-10-8-13-5-3-2-4-6-13/h2-7,9,17,19-20H,8,10-11H2,1H3. The Morgan fingerprint density at radius 3 is 2.60 bits per heavy atom. The molecule has 4 heteroatoms. The smallest absolute Gasteiger partial charge is 0.154 e. The molecule has 4 nitrogen and oxygen atoms in total. The normalized spacial score (nSPS) is 22.1. The lowest BCUT2D eigenvalue weighted by Gasteiger charge is -2.31. The maximum atomic E-state index is 11.9. The van der Waals surface area contributed by atoms with Gasteiger partial charge in [-0.2, -0.15) is 0 Å². The molecule has 0 saturated carbocycles. The van der Waals surface area contributed by atoms with Crippen molar-refractivity contribution in [1.29, 1.82) is 0 Å². The number of hydrogen-bond acceptors (Lipinski definition) is 4. The van der Waals surface area contributed by atoms with Crippen LogP contribution in [0, 0.1) is 0 Å². The predicted octanol–water partition coefficient (Wildman–Crippen LogP) is 2.43. The number of carbonyl (C=O) groups is 1. The summed E-state index contributed by atoms with van der Waals surface area (Å²) in [4.78, 5) is 11.9. The average Bonchev–Trinajstić information content (AvgIpc) is 2.44. The number of aliphatic hydroxyl groups excluding tert-OH is 2. The maximum Gasteiger partial charge on any atom is 0.154 e. The zero-order valence-corrected chi connectivity index (χ0v) is 11.5. The van der Waals surface area contributed by atoms with Crippen LogP contribution in [0.3, 0.4) is 0 Å². The molecule has 0 bridgehead atoms. The second-order valence-electron chi connectivity index (χ2n) is 5.03. The van der Waals surface area contributed by atoms with Crippen LogP contribution in [0.1, 0.15) is 18.9 Å². The van der Waals surface area contributed by atoms with E-state index in [-0.39, 0.29) is 23.7 Å². The number of aliphatic hydroxyl groups is 2. The summed E-state index contributed by atoms with van der Waals surface area (Å²) in [6, 6.07) is 9.97. The molecular weight excluding hydrogens is 254 g/mol. The van der Waals surface area contributed by atoms with Crippen LogP contribution in [0.25, 0.3) is 0 Å². The van der Waals surface area contributed by atoms with Crippen molar-refractivity contribution >= 4 is 5.78 Å². The van der Waals surface area contributed by atoms with Gasteiger partial charge in [-0.1, -0.05) is 36.4 Å². The number of hydrogen-bond donors (Lipinski definition) is 3. The molecule has 0 fully saturated rings. The van der Waals surface area contributed by atoms with Gasteiger partial charge < -0.3 is 15.5 Å². The Morgan fingerprint density at radius 2 is 2.00 bits per heavy atom. The van der Waals surface area contributed by atoms with Crippen molar-refractivity contribution in [3.8, 4) is 0 Å². The highest BCUT2D eigenvalue weighted by molar-refractivity contribution is 5.89. The second kappa shape index (κ2) is 5.92. The van der Waals surface area contributed by atoms with Crippen molar-refractivity contribution in [3.63, 3.8) is 0 Å². The topological polar surface area (TPSA) is 69.6 Å². The van der Waals surface area contributed by atoms with Gasteiger partial charge in [0.2, 0.25) is 0 Å². The molecule has 1 atom stereocenters. The van der Waals surface area contributed by atoms with Crippen LogP contribution in [0.2, 0.25) is 0 Å². The van der Waals surface area contributed by atoms with Crippen LogP contribution >= 0.6 is 0 Å². The van der Waals surface area contributed by atoms with Crippen LogP contribution in [-0.2, 0) is 11.2 Å². The van der Waals surface area contributed by atoms with E-state index in [1.165, 1.54) is 18.6 Å². The Kier molecular flexibility index (Phi) is 4.25. The molecule has 1 aromatic rings. The molecule has 0 aromatic heterocycles. The molecule has 106 valence electrons. The van der Waals surface area contributed by atoms with Crippen LogP contribution in [0.15, 0.2) is 54.0 Å². The first-order valence-corrected chi connectivity index (χ1v) is 6.64. The molecule has 1 aromatic carbocycles. The molecule has 0 radical (unpaired) electrons. The van der Waals surface area contributed by atoms with Crippen LogP contribution in [0.4, 0.5) is 0 Å². The van der Waals surface area contributed by atoms with E-state index >= 15 is 0 Å². The quantitative estimate of drug-likeness (QED) is 0.770. The van der Waals surface area contributed by atoms with Crippen molar-refractivity contribution in [2.45, 2.75) is 25.3 Å². The van der Waals surface area contributed by atoms with Gasteiger partial charge >= 0.3 is 0 Å². The van der Waals surface area contributed by atoms with Crippen molar-refractivity contribution in [2.75, 3.05) is 6.54 Å². The summed E-state index contributed by atoms with van der Waals surface area (Å²) in [6.45, 7) is 2.09. The van der Waals surface area contributed by atoms with Crippen molar-refractivity contribution in [3.05, 3.63) is 59.6 Å². The number of rotatable bonds is 5. The minimum absolute atomic E-state index is 0.0825. The Hall–Kier alpha value is -2.07. The Balaban J connectivity index is 2.01. The van der Waals surface area contributed by atoms with E-state index in [1.807, 2.05) is 30.3 Å². The Morgan fingerprint density at radius 1 is 1.30 bits per heavy atom. The van der Waals surface area contributed by atoms with Crippen molar-refractivity contribution < 1.29 is 15.0 Å². The number of ketones is 1. The fourth-order valence-corrected chi connectivity index (χ4v) is 2.29. The first-order valence-electron chi connectivity index (χ1n) is 6.64. The molecular formula is C16H19NO3.